The molecule has 2 heterocycles. The van der Waals surface area contributed by atoms with Gasteiger partial charge in [-0.15, -0.1) is 11.3 Å². The van der Waals surface area contributed by atoms with Crippen LogP contribution in [0.1, 0.15) is 50.7 Å². The van der Waals surface area contributed by atoms with Crippen molar-refractivity contribution in [3.63, 3.8) is 0 Å². The highest BCUT2D eigenvalue weighted by Crippen LogP contribution is 2.26. The van der Waals surface area contributed by atoms with Crippen LogP contribution in [0.25, 0.3) is 10.9 Å². The van der Waals surface area contributed by atoms with Crippen molar-refractivity contribution >= 4 is 34.0 Å². The van der Waals surface area contributed by atoms with E-state index in [1.54, 1.807) is 31.5 Å². The van der Waals surface area contributed by atoms with Crippen LogP contribution in [0.3, 0.4) is 0 Å². The number of methoxy groups -OCH3 is 1. The van der Waals surface area contributed by atoms with Crippen molar-refractivity contribution in [3.8, 4) is 0 Å². The van der Waals surface area contributed by atoms with E-state index in [1.165, 1.54) is 18.4 Å². The standard InChI is InChI=1S/C19H20N2O4S/c1-11(6-7-24-2)16-10-26-18(21-16)17(22)14-9-20-15-5-4-12(8-13(14)15)19(23)25-3/h4-5,8-11,20H,6-7H2,1-3H3/p+1. The molecule has 0 fully saturated rings. The molecule has 136 valence electrons. The molecule has 2 aromatic heterocycles. The Kier molecular flexibility index (Phi) is 5.49. The Bertz CT molecular complexity index is 944. The molecule has 3 aromatic rings. The van der Waals surface area contributed by atoms with Crippen LogP contribution in [0, 0.1) is 0 Å². The maximum Gasteiger partial charge on any atom is 0.337 e. The predicted octanol–water partition coefficient (Wildman–Crippen LogP) is 3.29. The molecule has 0 aliphatic carbocycles. The van der Waals surface area contributed by atoms with Crippen LogP contribution < -0.4 is 0 Å². The number of rotatable bonds is 7. The fourth-order valence-electron chi connectivity index (χ4n) is 2.76. The number of nitrogens with one attached hydrogen (secondary N) is 1. The van der Waals surface area contributed by atoms with Gasteiger partial charge in [-0.2, -0.15) is 0 Å². The second-order valence-corrected chi connectivity index (χ2v) is 6.95. The molecule has 26 heavy (non-hydrogen) atoms. The predicted molar refractivity (Wildman–Crippen MR) is 101 cm³/mol. The summed E-state index contributed by atoms with van der Waals surface area (Å²) < 4.78 is 8.87. The summed E-state index contributed by atoms with van der Waals surface area (Å²) in [6.07, 6.45) is 2.57. The van der Waals surface area contributed by atoms with Gasteiger partial charge in [-0.3, -0.25) is 4.79 Å². The van der Waals surface area contributed by atoms with Crippen LogP contribution in [0.2, 0.25) is 0 Å². The number of esters is 1. The van der Waals surface area contributed by atoms with Gasteiger partial charge < -0.3 is 14.5 Å². The smallest absolute Gasteiger partial charge is 0.337 e. The third-order valence-electron chi connectivity index (χ3n) is 4.35. The quantitative estimate of drug-likeness (QED) is 0.391. The Morgan fingerprint density at radius 1 is 1.38 bits per heavy atom. The molecule has 2 N–H and O–H groups in total. The minimum absolute atomic E-state index is 0.151. The van der Waals surface area contributed by atoms with Crippen molar-refractivity contribution < 1.29 is 19.1 Å². The number of aliphatic hydroxyl groups is 2. The normalized spacial score (nSPS) is 12.3. The Morgan fingerprint density at radius 2 is 2.19 bits per heavy atom. The summed E-state index contributed by atoms with van der Waals surface area (Å²) in [6, 6.07) is 5.10. The maximum absolute atomic E-state index is 12.9. The van der Waals surface area contributed by atoms with Gasteiger partial charge in [0.2, 0.25) is 5.78 Å². The number of benzene rings is 1. The summed E-state index contributed by atoms with van der Waals surface area (Å²) in [5.41, 5.74) is 2.61. The summed E-state index contributed by atoms with van der Waals surface area (Å²) in [7, 11) is 3.13. The SMILES string of the molecule is COC(=O)c1ccc2[nH]cc(C(=O)c3nc(C(C)CC[OH+]C)cs3)c2c1. The maximum atomic E-state index is 12.9. The largest absolute Gasteiger partial charge is 0.465 e. The monoisotopic (exact) mass is 373 g/mol. The lowest BCUT2D eigenvalue weighted by molar-refractivity contribution is 0.0110. The minimum Gasteiger partial charge on any atom is -0.465 e. The number of aromatic amines is 1. The van der Waals surface area contributed by atoms with Gasteiger partial charge in [0.25, 0.3) is 0 Å². The Morgan fingerprint density at radius 3 is 2.92 bits per heavy atom. The molecule has 0 saturated carbocycles. The van der Waals surface area contributed by atoms with Crippen LogP contribution in [-0.4, -0.2) is 47.3 Å². The molecular formula is C19H21N2O4S+. The Hall–Kier alpha value is -2.51. The van der Waals surface area contributed by atoms with Crippen molar-refractivity contribution in [2.45, 2.75) is 19.3 Å². The molecule has 1 atom stereocenters. The zero-order chi connectivity index (χ0) is 18.7. The number of thiazole rings is 1. The van der Waals surface area contributed by atoms with E-state index < -0.39 is 5.97 Å². The zero-order valence-corrected chi connectivity index (χ0v) is 15.7. The molecule has 0 spiro atoms. The number of fused-ring (bicyclic) bond motifs is 1. The first-order valence-corrected chi connectivity index (χ1v) is 9.18. The molecule has 6 nitrogen and oxygen atoms in total. The second-order valence-electron chi connectivity index (χ2n) is 6.09. The molecule has 0 radical (unpaired) electrons. The van der Waals surface area contributed by atoms with Crippen molar-refractivity contribution in [1.29, 1.82) is 0 Å². The van der Waals surface area contributed by atoms with Crippen molar-refractivity contribution in [2.24, 2.45) is 0 Å². The summed E-state index contributed by atoms with van der Waals surface area (Å²) in [4.78, 5) is 32.3. The topological polar surface area (TPSA) is 84.9 Å². The highest BCUT2D eigenvalue weighted by Gasteiger charge is 2.20. The zero-order valence-electron chi connectivity index (χ0n) is 14.9. The first kappa shape index (κ1) is 18.3. The summed E-state index contributed by atoms with van der Waals surface area (Å²) in [5.74, 6) is -0.328. The molecule has 0 bridgehead atoms. The van der Waals surface area contributed by atoms with Crippen molar-refractivity contribution in [2.75, 3.05) is 20.8 Å². The van der Waals surface area contributed by atoms with E-state index >= 15 is 0 Å². The number of ketones is 1. The summed E-state index contributed by atoms with van der Waals surface area (Å²) in [6.45, 7) is 2.86. The molecule has 0 amide bonds. The number of carbonyl (C=O) groups excluding carboxylic acids is 2. The van der Waals surface area contributed by atoms with E-state index in [9.17, 15) is 9.59 Å². The molecule has 3 rings (SSSR count). The van der Waals surface area contributed by atoms with Crippen LogP contribution >= 0.6 is 11.3 Å². The minimum atomic E-state index is -0.432. The summed E-state index contributed by atoms with van der Waals surface area (Å²) >= 11 is 1.34. The number of hydrogen-bond donors (Lipinski definition) is 1. The molecule has 1 aromatic carbocycles. The molecule has 0 saturated heterocycles. The number of aromatic nitrogens is 2. The van der Waals surface area contributed by atoms with Gasteiger partial charge >= 0.3 is 5.97 Å². The first-order chi connectivity index (χ1) is 12.5. The Labute approximate surface area is 155 Å². The van der Waals surface area contributed by atoms with E-state index in [2.05, 4.69) is 21.6 Å². The molecule has 0 aliphatic heterocycles. The fraction of sp³-hybridized carbons (Fsp3) is 0.316. The van der Waals surface area contributed by atoms with Gasteiger partial charge in [0.1, 0.15) is 13.7 Å². The number of H-pyrrole nitrogens is 1. The van der Waals surface area contributed by atoms with Gasteiger partial charge in [0, 0.05) is 34.8 Å². The van der Waals surface area contributed by atoms with Gasteiger partial charge in [-0.25, -0.2) is 9.78 Å². The molecule has 0 aliphatic rings. The summed E-state index contributed by atoms with van der Waals surface area (Å²) in [5, 5.41) is 3.07. The third kappa shape index (κ3) is 3.54. The van der Waals surface area contributed by atoms with E-state index in [0.717, 1.165) is 24.2 Å². The average molecular weight is 373 g/mol. The van der Waals surface area contributed by atoms with Gasteiger partial charge in [-0.05, 0) is 18.2 Å². The molecule has 1 unspecified atom stereocenters. The van der Waals surface area contributed by atoms with Crippen molar-refractivity contribution in [1.82, 2.24) is 9.97 Å². The fourth-order valence-corrected chi connectivity index (χ4v) is 3.65. The lowest BCUT2D eigenvalue weighted by Crippen LogP contribution is -2.04. The van der Waals surface area contributed by atoms with Crippen LogP contribution in [0.5, 0.6) is 0 Å². The molecular weight excluding hydrogens is 352 g/mol. The highest BCUT2D eigenvalue weighted by atomic mass is 32.1. The van der Waals surface area contributed by atoms with Crippen LogP contribution in [0.15, 0.2) is 29.8 Å². The second kappa shape index (κ2) is 7.80. The molecule has 7 heteroatoms. The lowest BCUT2D eigenvalue weighted by atomic mass is 10.1. The van der Waals surface area contributed by atoms with E-state index in [-0.39, 0.29) is 11.7 Å². The third-order valence-corrected chi connectivity index (χ3v) is 5.21. The van der Waals surface area contributed by atoms with Gasteiger partial charge in [0.05, 0.1) is 23.9 Å². The van der Waals surface area contributed by atoms with Crippen molar-refractivity contribution in [3.05, 3.63) is 51.6 Å². The number of ether oxygens (including phenoxy) is 2. The average Bonchev–Trinajstić information content (AvgIpc) is 3.31. The van der Waals surface area contributed by atoms with Crippen LogP contribution in [0.4, 0.5) is 0 Å². The lowest BCUT2D eigenvalue weighted by Gasteiger charge is -2.05. The Balaban J connectivity index is 1.90. The van der Waals surface area contributed by atoms with E-state index in [0.29, 0.717) is 21.5 Å². The van der Waals surface area contributed by atoms with Crippen LogP contribution in [-0.2, 0) is 4.74 Å². The number of hydrogen-bond acceptors (Lipinski definition) is 5. The van der Waals surface area contributed by atoms with Gasteiger partial charge in [-0.1, -0.05) is 6.92 Å². The van der Waals surface area contributed by atoms with E-state index in [1.807, 2.05) is 5.38 Å². The highest BCUT2D eigenvalue weighted by molar-refractivity contribution is 7.12. The number of nitrogens with zero attached hydrogens (tertiary/aromatic N) is 1. The number of carbonyl (C=O) groups is 2. The first-order valence-electron chi connectivity index (χ1n) is 8.30. The van der Waals surface area contributed by atoms with E-state index in [4.69, 9.17) is 4.74 Å². The van der Waals surface area contributed by atoms with Gasteiger partial charge in [0.15, 0.2) is 5.01 Å².